The van der Waals surface area contributed by atoms with Crippen LogP contribution in [0.2, 0.25) is 6.32 Å². The molecule has 1 unspecified atom stereocenters. The van der Waals surface area contributed by atoms with Crippen molar-refractivity contribution in [2.45, 2.75) is 43.5 Å². The Hall–Kier alpha value is -2.04. The number of nitrogens with two attached hydrogens (primary N) is 1. The molecule has 0 aliphatic heterocycles. The molecule has 2 aromatic heterocycles. The molecule has 0 spiro atoms. The smallest absolute Gasteiger partial charge is 0.451 e. The van der Waals surface area contributed by atoms with E-state index in [1.165, 1.54) is 12.7 Å². The minimum Gasteiger partial charge on any atom is -0.480 e. The molecule has 2 heterocycles. The maximum Gasteiger partial charge on any atom is 0.451 e. The number of carboxylic acid groups (broad SMARTS) is 1. The van der Waals surface area contributed by atoms with Crippen molar-refractivity contribution in [3.05, 3.63) is 18.3 Å². The molecule has 128 valence electrons. The van der Waals surface area contributed by atoms with Gasteiger partial charge in [0.2, 0.25) is 0 Å². The predicted octanol–water partition coefficient (Wildman–Crippen LogP) is -0.118. The van der Waals surface area contributed by atoms with Crippen LogP contribution in [0.15, 0.2) is 12.7 Å². The number of hydrogen-bond acceptors (Lipinski definition) is 7. The molecule has 3 rings (SSSR count). The standard InChI is InChI=1S/C14H20BN5O4/c16-14(13(21)22)5-8(4-9(14)2-1-3-15(23)24)10-11-12(19-6-17-10)20-7-18-11/h6-9,23-24H,1-5,16H2,(H,21,22)(H,17,18,19,20)/t8?,9-,14-/m0/s1. The highest BCUT2D eigenvalue weighted by Gasteiger charge is 2.50. The Morgan fingerprint density at radius 1 is 1.42 bits per heavy atom. The van der Waals surface area contributed by atoms with Gasteiger partial charge in [0.1, 0.15) is 17.4 Å². The quantitative estimate of drug-likeness (QED) is 0.458. The first-order chi connectivity index (χ1) is 11.4. The lowest BCUT2D eigenvalue weighted by molar-refractivity contribution is -0.144. The number of aromatic nitrogens is 4. The number of H-pyrrole nitrogens is 1. The van der Waals surface area contributed by atoms with Crippen molar-refractivity contribution in [3.63, 3.8) is 0 Å². The third-order valence-electron chi connectivity index (χ3n) is 4.93. The van der Waals surface area contributed by atoms with Gasteiger partial charge in [0.05, 0.1) is 12.0 Å². The topological polar surface area (TPSA) is 158 Å². The maximum absolute atomic E-state index is 11.7. The first-order valence-electron chi connectivity index (χ1n) is 7.94. The highest BCUT2D eigenvalue weighted by molar-refractivity contribution is 6.40. The van der Waals surface area contributed by atoms with Crippen molar-refractivity contribution in [1.82, 2.24) is 19.9 Å². The zero-order valence-electron chi connectivity index (χ0n) is 13.1. The Morgan fingerprint density at radius 3 is 2.92 bits per heavy atom. The summed E-state index contributed by atoms with van der Waals surface area (Å²) in [5.41, 5.74) is 6.86. The number of hydrogen-bond donors (Lipinski definition) is 5. The van der Waals surface area contributed by atoms with Crippen molar-refractivity contribution < 1.29 is 19.9 Å². The molecule has 24 heavy (non-hydrogen) atoms. The Kier molecular flexibility index (Phi) is 4.53. The van der Waals surface area contributed by atoms with Gasteiger partial charge in [-0.1, -0.05) is 6.42 Å². The van der Waals surface area contributed by atoms with Gasteiger partial charge >= 0.3 is 13.1 Å². The molecule has 0 bridgehead atoms. The fourth-order valence-electron chi connectivity index (χ4n) is 3.70. The summed E-state index contributed by atoms with van der Waals surface area (Å²) in [6.45, 7) is 0. The van der Waals surface area contributed by atoms with Gasteiger partial charge in [-0.3, -0.25) is 4.79 Å². The van der Waals surface area contributed by atoms with E-state index < -0.39 is 18.6 Å². The Balaban J connectivity index is 1.84. The van der Waals surface area contributed by atoms with Gasteiger partial charge in [-0.15, -0.1) is 0 Å². The lowest BCUT2D eigenvalue weighted by atomic mass is 9.78. The largest absolute Gasteiger partial charge is 0.480 e. The Labute approximate surface area is 138 Å². The molecule has 9 nitrogen and oxygen atoms in total. The van der Waals surface area contributed by atoms with E-state index in [2.05, 4.69) is 19.9 Å². The average Bonchev–Trinajstić information content (AvgIpc) is 3.12. The fraction of sp³-hybridized carbons (Fsp3) is 0.571. The summed E-state index contributed by atoms with van der Waals surface area (Å²) in [5, 5.41) is 27.6. The molecule has 2 aromatic rings. The van der Waals surface area contributed by atoms with Gasteiger partial charge in [-0.05, 0) is 31.5 Å². The lowest BCUT2D eigenvalue weighted by Gasteiger charge is -2.26. The van der Waals surface area contributed by atoms with Crippen LogP contribution in [0.25, 0.3) is 11.2 Å². The first-order valence-corrected chi connectivity index (χ1v) is 7.94. The molecule has 1 aliphatic rings. The number of rotatable bonds is 6. The highest BCUT2D eigenvalue weighted by atomic mass is 16.4. The first kappa shape index (κ1) is 16.8. The molecular formula is C14H20BN5O4. The number of aromatic amines is 1. The van der Waals surface area contributed by atoms with Crippen LogP contribution in [0.1, 0.15) is 37.3 Å². The molecule has 3 atom stereocenters. The highest BCUT2D eigenvalue weighted by Crippen LogP contribution is 2.46. The number of carboxylic acids is 1. The van der Waals surface area contributed by atoms with Gasteiger partial charge in [0, 0.05) is 5.92 Å². The van der Waals surface area contributed by atoms with Gasteiger partial charge in [-0.2, -0.15) is 0 Å². The fourth-order valence-corrected chi connectivity index (χ4v) is 3.70. The molecule has 0 amide bonds. The molecule has 1 saturated carbocycles. The second kappa shape index (κ2) is 6.46. The van der Waals surface area contributed by atoms with Crippen LogP contribution < -0.4 is 5.73 Å². The van der Waals surface area contributed by atoms with Gasteiger partial charge < -0.3 is 25.9 Å². The maximum atomic E-state index is 11.7. The number of nitrogens with one attached hydrogen (secondary N) is 1. The predicted molar refractivity (Wildman–Crippen MR) is 85.9 cm³/mol. The normalized spacial score (nSPS) is 26.8. The molecule has 10 heteroatoms. The Bertz CT molecular complexity index is 739. The average molecular weight is 333 g/mol. The van der Waals surface area contributed by atoms with E-state index in [9.17, 15) is 9.90 Å². The van der Waals surface area contributed by atoms with Crippen LogP contribution in [0, 0.1) is 5.92 Å². The minimum atomic E-state index is -1.38. The van der Waals surface area contributed by atoms with E-state index in [0.29, 0.717) is 30.4 Å². The van der Waals surface area contributed by atoms with Crippen LogP contribution >= 0.6 is 0 Å². The van der Waals surface area contributed by atoms with Crippen LogP contribution in [-0.4, -0.2) is 53.7 Å². The third-order valence-corrected chi connectivity index (χ3v) is 4.93. The van der Waals surface area contributed by atoms with Gasteiger partial charge in [-0.25, -0.2) is 15.0 Å². The van der Waals surface area contributed by atoms with Crippen molar-refractivity contribution >= 4 is 24.3 Å². The monoisotopic (exact) mass is 333 g/mol. The van der Waals surface area contributed by atoms with Gasteiger partial charge in [0.25, 0.3) is 0 Å². The van der Waals surface area contributed by atoms with E-state index in [0.717, 1.165) is 5.69 Å². The molecule has 0 saturated heterocycles. The summed E-state index contributed by atoms with van der Waals surface area (Å²) in [5.74, 6) is -1.40. The number of aliphatic carboxylic acids is 1. The minimum absolute atomic E-state index is 0.110. The summed E-state index contributed by atoms with van der Waals surface area (Å²) >= 11 is 0. The number of carbonyl (C=O) groups is 1. The summed E-state index contributed by atoms with van der Waals surface area (Å²) in [6.07, 6.45) is 5.04. The SMILES string of the molecule is N[C@@]1(C(=O)O)CC(c2ncnc3nc[nH]c23)C[C@@H]1CCCB(O)O. The van der Waals surface area contributed by atoms with Crippen LogP contribution in [0.4, 0.5) is 0 Å². The molecular weight excluding hydrogens is 313 g/mol. The van der Waals surface area contributed by atoms with E-state index in [1.807, 2.05) is 0 Å². The number of fused-ring (bicyclic) bond motifs is 1. The zero-order chi connectivity index (χ0) is 17.3. The molecule has 0 aromatic carbocycles. The van der Waals surface area contributed by atoms with Crippen molar-refractivity contribution in [2.75, 3.05) is 0 Å². The summed E-state index contributed by atoms with van der Waals surface area (Å²) in [4.78, 5) is 27.2. The van der Waals surface area contributed by atoms with Crippen LogP contribution in [-0.2, 0) is 4.79 Å². The third kappa shape index (κ3) is 3.00. The van der Waals surface area contributed by atoms with Crippen LogP contribution in [0.5, 0.6) is 0 Å². The number of nitrogens with zero attached hydrogens (tertiary/aromatic N) is 3. The van der Waals surface area contributed by atoms with Crippen molar-refractivity contribution in [1.29, 1.82) is 0 Å². The zero-order valence-corrected chi connectivity index (χ0v) is 13.1. The van der Waals surface area contributed by atoms with E-state index in [4.69, 9.17) is 15.8 Å². The van der Waals surface area contributed by atoms with Crippen molar-refractivity contribution in [3.8, 4) is 0 Å². The van der Waals surface area contributed by atoms with E-state index in [-0.39, 0.29) is 24.6 Å². The van der Waals surface area contributed by atoms with Gasteiger partial charge in [0.15, 0.2) is 5.65 Å². The summed E-state index contributed by atoms with van der Waals surface area (Å²) in [6, 6.07) is 0. The lowest BCUT2D eigenvalue weighted by Crippen LogP contribution is -2.51. The molecule has 0 radical (unpaired) electrons. The summed E-state index contributed by atoms with van der Waals surface area (Å²) < 4.78 is 0. The Morgan fingerprint density at radius 2 is 2.21 bits per heavy atom. The van der Waals surface area contributed by atoms with E-state index in [1.54, 1.807) is 0 Å². The second-order valence-electron chi connectivity index (χ2n) is 6.45. The molecule has 1 fully saturated rings. The van der Waals surface area contributed by atoms with E-state index >= 15 is 0 Å². The number of imidazole rings is 1. The second-order valence-corrected chi connectivity index (χ2v) is 6.45. The van der Waals surface area contributed by atoms with Crippen LogP contribution in [0.3, 0.4) is 0 Å². The van der Waals surface area contributed by atoms with Crippen molar-refractivity contribution in [2.24, 2.45) is 11.7 Å². The molecule has 1 aliphatic carbocycles. The molecule has 6 N–H and O–H groups in total. The summed E-state index contributed by atoms with van der Waals surface area (Å²) in [7, 11) is -1.38.